The molecule has 0 fully saturated rings. The lowest BCUT2D eigenvalue weighted by Gasteiger charge is -2.13. The molecular weight excluding hydrogens is 280 g/mol. The molecular formula is C17H18N2OS. The smallest absolute Gasteiger partial charge is 0.251 e. The largest absolute Gasteiger partial charge is 0.345 e. The van der Waals surface area contributed by atoms with Gasteiger partial charge in [0.2, 0.25) is 0 Å². The highest BCUT2D eigenvalue weighted by atomic mass is 32.1. The molecule has 2 aromatic rings. The Hall–Kier alpha value is -2.09. The van der Waals surface area contributed by atoms with Crippen molar-refractivity contribution in [2.75, 3.05) is 6.54 Å². The topological polar surface area (TPSA) is 55.1 Å². The van der Waals surface area contributed by atoms with Crippen LogP contribution in [-0.4, -0.2) is 12.5 Å². The Morgan fingerprint density at radius 2 is 2.24 bits per heavy atom. The molecule has 1 atom stereocenters. The van der Waals surface area contributed by atoms with Crippen LogP contribution in [0.4, 0.5) is 0 Å². The minimum Gasteiger partial charge on any atom is -0.345 e. The molecule has 1 amide bonds. The number of hydrogen-bond donors (Lipinski definition) is 2. The van der Waals surface area contributed by atoms with Gasteiger partial charge >= 0.3 is 0 Å². The Kier molecular flexibility index (Phi) is 5.15. The standard InChI is InChI=1S/C17H18N2OS/c1-12-5-6-15(10-14(12)4-3-8-18)17(20)19-13(2)16-7-9-21-11-16/h5-7,9-11,13H,8,18H2,1-2H3,(H,19,20). The zero-order valence-corrected chi connectivity index (χ0v) is 13.0. The maximum Gasteiger partial charge on any atom is 0.251 e. The number of nitrogens with one attached hydrogen (secondary N) is 1. The Morgan fingerprint density at radius 1 is 1.43 bits per heavy atom. The first-order valence-electron chi connectivity index (χ1n) is 6.74. The van der Waals surface area contributed by atoms with Crippen molar-refractivity contribution in [2.45, 2.75) is 19.9 Å². The van der Waals surface area contributed by atoms with E-state index in [9.17, 15) is 4.79 Å². The van der Waals surface area contributed by atoms with Gasteiger partial charge in [-0.1, -0.05) is 17.9 Å². The first kappa shape index (κ1) is 15.3. The lowest BCUT2D eigenvalue weighted by molar-refractivity contribution is 0.0940. The molecule has 1 aromatic heterocycles. The second-order valence-corrected chi connectivity index (χ2v) is 5.57. The lowest BCUT2D eigenvalue weighted by Crippen LogP contribution is -2.26. The van der Waals surface area contributed by atoms with Crippen LogP contribution in [0.1, 0.15) is 40.0 Å². The Morgan fingerprint density at radius 3 is 2.90 bits per heavy atom. The number of carbonyl (C=O) groups excluding carboxylic acids is 1. The molecule has 0 saturated heterocycles. The molecule has 1 aromatic carbocycles. The molecule has 4 heteroatoms. The van der Waals surface area contributed by atoms with E-state index in [1.807, 2.05) is 48.9 Å². The van der Waals surface area contributed by atoms with Crippen molar-refractivity contribution in [3.8, 4) is 11.8 Å². The fourth-order valence-corrected chi connectivity index (χ4v) is 2.68. The van der Waals surface area contributed by atoms with Gasteiger partial charge in [-0.2, -0.15) is 11.3 Å². The molecule has 0 spiro atoms. The second-order valence-electron chi connectivity index (χ2n) is 4.79. The Labute approximate surface area is 129 Å². The van der Waals surface area contributed by atoms with Crippen LogP contribution >= 0.6 is 11.3 Å². The molecule has 3 nitrogen and oxygen atoms in total. The molecule has 3 N–H and O–H groups in total. The summed E-state index contributed by atoms with van der Waals surface area (Å²) in [6.45, 7) is 4.25. The van der Waals surface area contributed by atoms with Gasteiger partial charge in [-0.05, 0) is 53.9 Å². The van der Waals surface area contributed by atoms with Crippen molar-refractivity contribution in [3.05, 3.63) is 57.3 Å². The summed E-state index contributed by atoms with van der Waals surface area (Å²) >= 11 is 1.62. The summed E-state index contributed by atoms with van der Waals surface area (Å²) < 4.78 is 0. The van der Waals surface area contributed by atoms with Crippen molar-refractivity contribution < 1.29 is 4.79 Å². The summed E-state index contributed by atoms with van der Waals surface area (Å²) in [5.41, 5.74) is 9.01. The van der Waals surface area contributed by atoms with Crippen molar-refractivity contribution in [1.82, 2.24) is 5.32 Å². The maximum atomic E-state index is 12.3. The maximum absolute atomic E-state index is 12.3. The number of carbonyl (C=O) groups is 1. The molecule has 0 radical (unpaired) electrons. The predicted octanol–water partition coefficient (Wildman–Crippen LogP) is 2.86. The molecule has 0 saturated carbocycles. The van der Waals surface area contributed by atoms with Crippen LogP contribution in [0.3, 0.4) is 0 Å². The molecule has 0 bridgehead atoms. The number of hydrogen-bond acceptors (Lipinski definition) is 3. The average Bonchev–Trinajstić information content (AvgIpc) is 3.00. The van der Waals surface area contributed by atoms with Crippen LogP contribution in [0.2, 0.25) is 0 Å². The first-order valence-corrected chi connectivity index (χ1v) is 7.68. The highest BCUT2D eigenvalue weighted by molar-refractivity contribution is 7.07. The summed E-state index contributed by atoms with van der Waals surface area (Å²) in [6, 6.07) is 7.54. The number of amides is 1. The highest BCUT2D eigenvalue weighted by Crippen LogP contribution is 2.17. The number of thiophene rings is 1. The normalized spacial score (nSPS) is 11.4. The van der Waals surface area contributed by atoms with Crippen LogP contribution in [0, 0.1) is 18.8 Å². The third-order valence-corrected chi connectivity index (χ3v) is 3.92. The third-order valence-electron chi connectivity index (χ3n) is 3.22. The summed E-state index contributed by atoms with van der Waals surface area (Å²) in [6.07, 6.45) is 0. The monoisotopic (exact) mass is 298 g/mol. The van der Waals surface area contributed by atoms with Crippen LogP contribution in [0.25, 0.3) is 0 Å². The van der Waals surface area contributed by atoms with E-state index in [1.165, 1.54) is 0 Å². The van der Waals surface area contributed by atoms with Crippen LogP contribution in [-0.2, 0) is 0 Å². The molecule has 21 heavy (non-hydrogen) atoms. The third kappa shape index (κ3) is 3.94. The molecule has 1 unspecified atom stereocenters. The summed E-state index contributed by atoms with van der Waals surface area (Å²) in [7, 11) is 0. The lowest BCUT2D eigenvalue weighted by atomic mass is 10.0. The molecule has 0 aliphatic heterocycles. The van der Waals surface area contributed by atoms with Gasteiger partial charge in [0.15, 0.2) is 0 Å². The van der Waals surface area contributed by atoms with Gasteiger partial charge in [0.25, 0.3) is 5.91 Å². The van der Waals surface area contributed by atoms with Gasteiger partial charge in [-0.15, -0.1) is 0 Å². The van der Waals surface area contributed by atoms with E-state index in [-0.39, 0.29) is 11.9 Å². The van der Waals surface area contributed by atoms with Crippen molar-refractivity contribution >= 4 is 17.2 Å². The van der Waals surface area contributed by atoms with E-state index in [4.69, 9.17) is 5.73 Å². The highest BCUT2D eigenvalue weighted by Gasteiger charge is 2.12. The molecule has 0 aliphatic carbocycles. The van der Waals surface area contributed by atoms with Crippen LogP contribution in [0.15, 0.2) is 35.0 Å². The fourth-order valence-electron chi connectivity index (χ4n) is 1.93. The minimum atomic E-state index is -0.0931. The zero-order valence-electron chi connectivity index (χ0n) is 12.1. The first-order chi connectivity index (χ1) is 10.1. The van der Waals surface area contributed by atoms with Crippen molar-refractivity contribution in [2.24, 2.45) is 5.73 Å². The van der Waals surface area contributed by atoms with Gasteiger partial charge in [0.1, 0.15) is 0 Å². The van der Waals surface area contributed by atoms with E-state index in [0.717, 1.165) is 16.7 Å². The molecule has 2 rings (SSSR count). The Balaban J connectivity index is 2.16. The van der Waals surface area contributed by atoms with Crippen molar-refractivity contribution in [3.63, 3.8) is 0 Å². The fraction of sp³-hybridized carbons (Fsp3) is 0.235. The minimum absolute atomic E-state index is 0.0105. The van der Waals surface area contributed by atoms with Crippen molar-refractivity contribution in [1.29, 1.82) is 0 Å². The van der Waals surface area contributed by atoms with E-state index in [0.29, 0.717) is 12.1 Å². The molecule has 0 aliphatic rings. The summed E-state index contributed by atoms with van der Waals surface area (Å²) in [4.78, 5) is 12.3. The quantitative estimate of drug-likeness (QED) is 0.856. The molecule has 1 heterocycles. The number of rotatable bonds is 3. The number of nitrogens with two attached hydrogens (primary N) is 1. The number of benzene rings is 1. The second kappa shape index (κ2) is 7.07. The van der Waals surface area contributed by atoms with Gasteiger partial charge in [-0.25, -0.2) is 0 Å². The SMILES string of the molecule is Cc1ccc(C(=O)NC(C)c2ccsc2)cc1C#CCN. The summed E-state index contributed by atoms with van der Waals surface area (Å²) in [5.74, 6) is 5.72. The summed E-state index contributed by atoms with van der Waals surface area (Å²) in [5, 5.41) is 7.04. The van der Waals surface area contributed by atoms with E-state index >= 15 is 0 Å². The Bertz CT molecular complexity index is 681. The van der Waals surface area contributed by atoms with E-state index in [1.54, 1.807) is 11.3 Å². The molecule has 108 valence electrons. The average molecular weight is 298 g/mol. The number of aryl methyl sites for hydroxylation is 1. The van der Waals surface area contributed by atoms with Gasteiger partial charge in [0, 0.05) is 11.1 Å². The van der Waals surface area contributed by atoms with Gasteiger partial charge in [-0.3, -0.25) is 4.79 Å². The van der Waals surface area contributed by atoms with E-state index in [2.05, 4.69) is 17.2 Å². The predicted molar refractivity (Wildman–Crippen MR) is 87.3 cm³/mol. The van der Waals surface area contributed by atoms with Crippen LogP contribution in [0.5, 0.6) is 0 Å². The zero-order chi connectivity index (χ0) is 15.2. The van der Waals surface area contributed by atoms with Gasteiger partial charge < -0.3 is 11.1 Å². The van der Waals surface area contributed by atoms with Crippen LogP contribution < -0.4 is 11.1 Å². The van der Waals surface area contributed by atoms with Gasteiger partial charge in [0.05, 0.1) is 12.6 Å². The van der Waals surface area contributed by atoms with E-state index < -0.39 is 0 Å².